The highest BCUT2D eigenvalue weighted by molar-refractivity contribution is 5.43. The van der Waals surface area contributed by atoms with Gasteiger partial charge in [-0.3, -0.25) is 0 Å². The van der Waals surface area contributed by atoms with E-state index in [4.69, 9.17) is 10.5 Å². The normalized spacial score (nSPS) is 25.6. The van der Waals surface area contributed by atoms with Crippen LogP contribution in [-0.2, 0) is 11.8 Å². The van der Waals surface area contributed by atoms with Gasteiger partial charge in [-0.1, -0.05) is 31.4 Å². The molecule has 1 unspecified atom stereocenters. The SMILES string of the molecule is CC1Cc2cc(C3(CN)CCCCC3)ccc2O1. The first kappa shape index (κ1) is 12.0. The molecular formula is C16H23NO. The minimum absolute atomic E-state index is 0.235. The molecule has 1 aliphatic heterocycles. The molecule has 3 rings (SSSR count). The molecule has 18 heavy (non-hydrogen) atoms. The average Bonchev–Trinajstić information content (AvgIpc) is 2.78. The lowest BCUT2D eigenvalue weighted by molar-refractivity contribution is 0.254. The summed E-state index contributed by atoms with van der Waals surface area (Å²) in [7, 11) is 0. The van der Waals surface area contributed by atoms with E-state index in [1.54, 1.807) is 0 Å². The predicted octanol–water partition coefficient (Wildman–Crippen LogP) is 3.17. The van der Waals surface area contributed by atoms with Crippen molar-refractivity contribution < 1.29 is 4.74 Å². The zero-order valence-electron chi connectivity index (χ0n) is 11.2. The molecule has 0 amide bonds. The first-order valence-corrected chi connectivity index (χ1v) is 7.24. The molecule has 2 nitrogen and oxygen atoms in total. The van der Waals surface area contributed by atoms with Crippen LogP contribution < -0.4 is 10.5 Å². The Morgan fingerprint density at radius 1 is 1.28 bits per heavy atom. The average molecular weight is 245 g/mol. The zero-order valence-corrected chi connectivity index (χ0v) is 11.2. The Kier molecular flexibility index (Phi) is 3.06. The molecular weight excluding hydrogens is 222 g/mol. The van der Waals surface area contributed by atoms with E-state index in [-0.39, 0.29) is 5.41 Å². The van der Waals surface area contributed by atoms with E-state index in [9.17, 15) is 0 Å². The largest absolute Gasteiger partial charge is 0.490 e. The number of hydrogen-bond donors (Lipinski definition) is 1. The fourth-order valence-electron chi connectivity index (χ4n) is 3.59. The van der Waals surface area contributed by atoms with E-state index in [2.05, 4.69) is 25.1 Å². The zero-order chi connectivity index (χ0) is 12.6. The van der Waals surface area contributed by atoms with E-state index in [1.165, 1.54) is 43.2 Å². The van der Waals surface area contributed by atoms with Crippen LogP contribution in [0.1, 0.15) is 50.2 Å². The number of nitrogens with two attached hydrogens (primary N) is 1. The Labute approximate surface area is 110 Å². The summed E-state index contributed by atoms with van der Waals surface area (Å²) in [6, 6.07) is 6.76. The van der Waals surface area contributed by atoms with Crippen LogP contribution >= 0.6 is 0 Å². The fourth-order valence-corrected chi connectivity index (χ4v) is 3.59. The first-order chi connectivity index (χ1) is 8.73. The van der Waals surface area contributed by atoms with E-state index < -0.39 is 0 Å². The Hall–Kier alpha value is -1.02. The van der Waals surface area contributed by atoms with Gasteiger partial charge in [0.2, 0.25) is 0 Å². The van der Waals surface area contributed by atoms with E-state index in [1.807, 2.05) is 0 Å². The fraction of sp³-hybridized carbons (Fsp3) is 0.625. The molecule has 1 aromatic rings. The van der Waals surface area contributed by atoms with Gasteiger partial charge in [-0.25, -0.2) is 0 Å². The van der Waals surface area contributed by atoms with Crippen molar-refractivity contribution in [3.8, 4) is 5.75 Å². The van der Waals surface area contributed by atoms with Gasteiger partial charge in [-0.05, 0) is 37.0 Å². The van der Waals surface area contributed by atoms with Crippen molar-refractivity contribution in [1.82, 2.24) is 0 Å². The van der Waals surface area contributed by atoms with Crippen LogP contribution in [0.4, 0.5) is 0 Å². The van der Waals surface area contributed by atoms with Gasteiger partial charge in [-0.2, -0.15) is 0 Å². The van der Waals surface area contributed by atoms with E-state index in [0.29, 0.717) is 6.10 Å². The third kappa shape index (κ3) is 1.93. The summed E-state index contributed by atoms with van der Waals surface area (Å²) in [4.78, 5) is 0. The molecule has 1 atom stereocenters. The summed E-state index contributed by atoms with van der Waals surface area (Å²) in [5.41, 5.74) is 9.17. The molecule has 0 spiro atoms. The van der Waals surface area contributed by atoms with Gasteiger partial charge in [0, 0.05) is 18.4 Å². The summed E-state index contributed by atoms with van der Waals surface area (Å²) < 4.78 is 5.78. The molecule has 98 valence electrons. The van der Waals surface area contributed by atoms with Gasteiger partial charge in [0.15, 0.2) is 0 Å². The second-order valence-electron chi connectivity index (χ2n) is 6.00. The van der Waals surface area contributed by atoms with Crippen molar-refractivity contribution in [2.45, 2.75) is 57.0 Å². The molecule has 1 heterocycles. The van der Waals surface area contributed by atoms with Crippen LogP contribution in [0.25, 0.3) is 0 Å². The molecule has 1 aromatic carbocycles. The lowest BCUT2D eigenvalue weighted by Crippen LogP contribution is -2.37. The standard InChI is InChI=1S/C16H23NO/c1-12-9-13-10-14(5-6-15(13)18-12)16(11-17)7-3-2-4-8-16/h5-6,10,12H,2-4,7-9,11,17H2,1H3. The summed E-state index contributed by atoms with van der Waals surface area (Å²) >= 11 is 0. The topological polar surface area (TPSA) is 35.2 Å². The highest BCUT2D eigenvalue weighted by atomic mass is 16.5. The van der Waals surface area contributed by atoms with Gasteiger partial charge in [0.05, 0.1) is 0 Å². The highest BCUT2D eigenvalue weighted by Crippen LogP contribution is 2.41. The lowest BCUT2D eigenvalue weighted by atomic mass is 9.69. The Balaban J connectivity index is 1.94. The van der Waals surface area contributed by atoms with Crippen molar-refractivity contribution in [3.63, 3.8) is 0 Å². The molecule has 1 saturated carbocycles. The second kappa shape index (κ2) is 4.58. The van der Waals surface area contributed by atoms with Crippen LogP contribution in [0.15, 0.2) is 18.2 Å². The summed E-state index contributed by atoms with van der Waals surface area (Å²) in [6.07, 6.45) is 7.88. The van der Waals surface area contributed by atoms with E-state index in [0.717, 1.165) is 18.7 Å². The summed E-state index contributed by atoms with van der Waals surface area (Å²) in [5, 5.41) is 0. The molecule has 2 N–H and O–H groups in total. The molecule has 0 saturated heterocycles. The van der Waals surface area contributed by atoms with Gasteiger partial charge in [-0.15, -0.1) is 0 Å². The van der Waals surface area contributed by atoms with Crippen molar-refractivity contribution in [2.75, 3.05) is 6.54 Å². The van der Waals surface area contributed by atoms with Gasteiger partial charge in [0.1, 0.15) is 11.9 Å². The molecule has 2 aliphatic rings. The third-order valence-corrected chi connectivity index (χ3v) is 4.71. The molecule has 0 bridgehead atoms. The van der Waals surface area contributed by atoms with Crippen molar-refractivity contribution >= 4 is 0 Å². The number of rotatable bonds is 2. The monoisotopic (exact) mass is 245 g/mol. The van der Waals surface area contributed by atoms with Crippen molar-refractivity contribution in [1.29, 1.82) is 0 Å². The van der Waals surface area contributed by atoms with Crippen molar-refractivity contribution in [2.24, 2.45) is 5.73 Å². The maximum absolute atomic E-state index is 6.11. The Bertz CT molecular complexity index is 435. The maximum atomic E-state index is 6.11. The lowest BCUT2D eigenvalue weighted by Gasteiger charge is -2.37. The maximum Gasteiger partial charge on any atom is 0.123 e. The van der Waals surface area contributed by atoms with Gasteiger partial charge >= 0.3 is 0 Å². The van der Waals surface area contributed by atoms with Crippen molar-refractivity contribution in [3.05, 3.63) is 29.3 Å². The Morgan fingerprint density at radius 2 is 2.06 bits per heavy atom. The predicted molar refractivity (Wildman–Crippen MR) is 74.1 cm³/mol. The number of benzene rings is 1. The molecule has 0 radical (unpaired) electrons. The van der Waals surface area contributed by atoms with Crippen LogP contribution in [0, 0.1) is 0 Å². The van der Waals surface area contributed by atoms with Crippen LogP contribution in [0.3, 0.4) is 0 Å². The molecule has 0 aromatic heterocycles. The minimum atomic E-state index is 0.235. The molecule has 2 heteroatoms. The summed E-state index contributed by atoms with van der Waals surface area (Å²) in [6.45, 7) is 2.92. The van der Waals surface area contributed by atoms with Gasteiger partial charge < -0.3 is 10.5 Å². The summed E-state index contributed by atoms with van der Waals surface area (Å²) in [5.74, 6) is 1.08. The number of ether oxygens (including phenoxy) is 1. The first-order valence-electron chi connectivity index (χ1n) is 7.24. The number of hydrogen-bond acceptors (Lipinski definition) is 2. The van der Waals surface area contributed by atoms with Crippen LogP contribution in [0.2, 0.25) is 0 Å². The third-order valence-electron chi connectivity index (χ3n) is 4.71. The number of fused-ring (bicyclic) bond motifs is 1. The van der Waals surface area contributed by atoms with Crippen LogP contribution in [0.5, 0.6) is 5.75 Å². The van der Waals surface area contributed by atoms with Crippen LogP contribution in [-0.4, -0.2) is 12.6 Å². The Morgan fingerprint density at radius 3 is 2.78 bits per heavy atom. The van der Waals surface area contributed by atoms with E-state index >= 15 is 0 Å². The highest BCUT2D eigenvalue weighted by Gasteiger charge is 2.33. The quantitative estimate of drug-likeness (QED) is 0.868. The smallest absolute Gasteiger partial charge is 0.123 e. The second-order valence-corrected chi connectivity index (χ2v) is 6.00. The molecule has 1 aliphatic carbocycles. The minimum Gasteiger partial charge on any atom is -0.490 e. The molecule has 1 fully saturated rings. The van der Waals surface area contributed by atoms with Gasteiger partial charge in [0.25, 0.3) is 0 Å².